The second-order valence-electron chi connectivity index (χ2n) is 9.32. The molecule has 1 aromatic heterocycles. The first-order valence-electron chi connectivity index (χ1n) is 10.5. The molecule has 3 aromatic rings. The van der Waals surface area contributed by atoms with E-state index >= 15 is 8.78 Å². The third-order valence-electron chi connectivity index (χ3n) is 7.15. The summed E-state index contributed by atoms with van der Waals surface area (Å²) in [6.07, 6.45) is -2.91. The second-order valence-corrected chi connectivity index (χ2v) is 9.32. The smallest absolute Gasteiger partial charge is 0.406 e. The van der Waals surface area contributed by atoms with Crippen LogP contribution in [0.2, 0.25) is 0 Å². The average Bonchev–Trinajstić information content (AvgIpc) is 3.18. The number of benzene rings is 2. The Labute approximate surface area is 194 Å². The molecule has 3 saturated carbocycles. The number of aromatic nitrogens is 3. The molecule has 1 N–H and O–H groups in total. The molecule has 1 atom stereocenters. The van der Waals surface area contributed by atoms with Crippen LogP contribution in [0.4, 0.5) is 30.7 Å². The predicted molar refractivity (Wildman–Crippen MR) is 106 cm³/mol. The molecule has 35 heavy (non-hydrogen) atoms. The second kappa shape index (κ2) is 7.42. The zero-order chi connectivity index (χ0) is 25.3. The predicted octanol–water partition coefficient (Wildman–Crippen LogP) is 5.10. The van der Waals surface area contributed by atoms with Gasteiger partial charge >= 0.3 is 6.36 Å². The highest BCUT2D eigenvalue weighted by Crippen LogP contribution is 2.80. The van der Waals surface area contributed by atoms with Crippen molar-refractivity contribution < 1.29 is 40.6 Å². The van der Waals surface area contributed by atoms with Crippen molar-refractivity contribution >= 4 is 0 Å². The van der Waals surface area contributed by atoms with Crippen LogP contribution in [0, 0.1) is 17.0 Å². The van der Waals surface area contributed by atoms with E-state index < -0.39 is 58.2 Å². The molecule has 1 heterocycles. The minimum Gasteiger partial charge on any atom is -0.406 e. The summed E-state index contributed by atoms with van der Waals surface area (Å²) in [6.45, 7) is -0.833. The van der Waals surface area contributed by atoms with Crippen LogP contribution in [0.5, 0.6) is 5.75 Å². The number of nitrogens with zero attached hydrogens (tertiary/aromatic N) is 3. The van der Waals surface area contributed by atoms with Gasteiger partial charge in [0.1, 0.15) is 30.0 Å². The van der Waals surface area contributed by atoms with Gasteiger partial charge in [-0.15, -0.1) is 13.2 Å². The van der Waals surface area contributed by atoms with Gasteiger partial charge < -0.3 is 9.84 Å². The Morgan fingerprint density at radius 2 is 1.63 bits per heavy atom. The molecule has 0 amide bonds. The van der Waals surface area contributed by atoms with Crippen molar-refractivity contribution in [3.8, 4) is 5.75 Å². The van der Waals surface area contributed by atoms with Crippen molar-refractivity contribution in [1.29, 1.82) is 0 Å². The van der Waals surface area contributed by atoms with Crippen LogP contribution in [-0.4, -0.2) is 32.2 Å². The summed E-state index contributed by atoms with van der Waals surface area (Å²) in [6, 6.07) is 7.01. The molecule has 3 fully saturated rings. The number of hydrogen-bond acceptors (Lipinski definition) is 4. The third-order valence-corrected chi connectivity index (χ3v) is 7.15. The molecule has 3 aliphatic rings. The van der Waals surface area contributed by atoms with Gasteiger partial charge in [0.2, 0.25) is 0 Å². The van der Waals surface area contributed by atoms with Crippen molar-refractivity contribution in [2.24, 2.45) is 5.41 Å². The van der Waals surface area contributed by atoms with E-state index in [1.807, 2.05) is 0 Å². The molecule has 186 valence electrons. The standard InChI is InChI=1S/C23H18F7N3O2/c24-15-3-6-17(18(25)7-15)21(34,11-33-13-31-12-32-33)22(26,27)20-8-19(9-20,10-20)14-1-4-16(5-2-14)35-23(28,29)30/h1-7,12-13,34H,8-11H2/t19?,20?,21-/m1/s1. The zero-order valence-corrected chi connectivity index (χ0v) is 17.9. The summed E-state index contributed by atoms with van der Waals surface area (Å²) in [7, 11) is 0. The molecule has 5 nitrogen and oxygen atoms in total. The summed E-state index contributed by atoms with van der Waals surface area (Å²) >= 11 is 0. The number of aliphatic hydroxyl groups is 1. The van der Waals surface area contributed by atoms with Gasteiger partial charge in [-0.3, -0.25) is 0 Å². The Balaban J connectivity index is 1.43. The number of halogens is 7. The van der Waals surface area contributed by atoms with Crippen molar-refractivity contribution in [3.63, 3.8) is 0 Å². The Bertz CT molecular complexity index is 1230. The lowest BCUT2D eigenvalue weighted by Gasteiger charge is -2.74. The van der Waals surface area contributed by atoms with Crippen LogP contribution in [0.15, 0.2) is 55.1 Å². The Morgan fingerprint density at radius 3 is 2.17 bits per heavy atom. The zero-order valence-electron chi connectivity index (χ0n) is 17.9. The first-order chi connectivity index (χ1) is 16.3. The summed E-state index contributed by atoms with van der Waals surface area (Å²) in [5.74, 6) is -6.61. The maximum absolute atomic E-state index is 16.1. The number of alkyl halides is 5. The van der Waals surface area contributed by atoms with Crippen LogP contribution in [0.25, 0.3) is 0 Å². The molecule has 12 heteroatoms. The molecular weight excluding hydrogens is 483 g/mol. The van der Waals surface area contributed by atoms with E-state index in [0.717, 1.165) is 41.6 Å². The van der Waals surface area contributed by atoms with E-state index in [1.54, 1.807) is 0 Å². The Hall–Kier alpha value is -3.15. The van der Waals surface area contributed by atoms with Gasteiger partial charge in [0.15, 0.2) is 5.60 Å². The molecule has 2 aromatic carbocycles. The van der Waals surface area contributed by atoms with Gasteiger partial charge in [-0.05, 0) is 54.5 Å². The fourth-order valence-corrected chi connectivity index (χ4v) is 5.60. The van der Waals surface area contributed by atoms with E-state index in [-0.39, 0.29) is 19.3 Å². The molecule has 3 aliphatic carbocycles. The lowest BCUT2D eigenvalue weighted by molar-refractivity contribution is -0.347. The minimum atomic E-state index is -4.85. The van der Waals surface area contributed by atoms with Gasteiger partial charge in [0.25, 0.3) is 5.92 Å². The van der Waals surface area contributed by atoms with Gasteiger partial charge in [-0.25, -0.2) is 27.2 Å². The van der Waals surface area contributed by atoms with Gasteiger partial charge in [0, 0.05) is 17.0 Å². The van der Waals surface area contributed by atoms with Crippen LogP contribution >= 0.6 is 0 Å². The van der Waals surface area contributed by atoms with Crippen LogP contribution < -0.4 is 4.74 Å². The molecule has 0 spiro atoms. The van der Waals surface area contributed by atoms with Gasteiger partial charge in [-0.1, -0.05) is 12.1 Å². The first-order valence-corrected chi connectivity index (χ1v) is 10.5. The highest BCUT2D eigenvalue weighted by Gasteiger charge is 2.82. The molecule has 0 radical (unpaired) electrons. The lowest BCUT2D eigenvalue weighted by atomic mass is 9.30. The van der Waals surface area contributed by atoms with Crippen LogP contribution in [0.3, 0.4) is 0 Å². The van der Waals surface area contributed by atoms with E-state index in [9.17, 15) is 27.1 Å². The monoisotopic (exact) mass is 501 g/mol. The molecular formula is C23H18F7N3O2. The number of hydrogen-bond donors (Lipinski definition) is 1. The largest absolute Gasteiger partial charge is 0.573 e. The lowest BCUT2D eigenvalue weighted by Crippen LogP contribution is -2.76. The summed E-state index contributed by atoms with van der Waals surface area (Å²) in [5.41, 5.74) is -5.67. The van der Waals surface area contributed by atoms with Gasteiger partial charge in [-0.2, -0.15) is 5.10 Å². The van der Waals surface area contributed by atoms with Crippen molar-refractivity contribution in [2.75, 3.05) is 0 Å². The minimum absolute atomic E-state index is 0.0744. The van der Waals surface area contributed by atoms with Crippen LogP contribution in [0.1, 0.15) is 30.4 Å². The van der Waals surface area contributed by atoms with E-state index in [0.29, 0.717) is 11.6 Å². The van der Waals surface area contributed by atoms with Gasteiger partial charge in [0.05, 0.1) is 6.54 Å². The van der Waals surface area contributed by atoms with Crippen LogP contribution in [-0.2, 0) is 17.6 Å². The first kappa shape index (κ1) is 23.6. The van der Waals surface area contributed by atoms with Crippen molar-refractivity contribution in [2.45, 2.75) is 49.1 Å². The molecule has 6 rings (SSSR count). The molecule has 0 aliphatic heterocycles. The fraction of sp³-hybridized carbons (Fsp3) is 0.391. The Kier molecular flexibility index (Phi) is 5.00. The van der Waals surface area contributed by atoms with E-state index in [4.69, 9.17) is 0 Å². The summed E-state index contributed by atoms with van der Waals surface area (Å²) < 4.78 is 102. The van der Waals surface area contributed by atoms with Crippen molar-refractivity contribution in [1.82, 2.24) is 14.8 Å². The summed E-state index contributed by atoms with van der Waals surface area (Å²) in [4.78, 5) is 3.67. The maximum Gasteiger partial charge on any atom is 0.573 e. The highest BCUT2D eigenvalue weighted by molar-refractivity contribution is 5.44. The third kappa shape index (κ3) is 3.57. The fourth-order valence-electron chi connectivity index (χ4n) is 5.60. The van der Waals surface area contributed by atoms with E-state index in [1.165, 1.54) is 12.1 Å². The topological polar surface area (TPSA) is 60.2 Å². The number of rotatable bonds is 7. The molecule has 0 unspecified atom stereocenters. The van der Waals surface area contributed by atoms with Crippen molar-refractivity contribution in [3.05, 3.63) is 77.9 Å². The SMILES string of the molecule is O[C@](Cn1cncn1)(c1ccc(F)cc1F)C(F)(F)C12CC(c3ccc(OC(F)(F)F)cc3)(C1)C2. The van der Waals surface area contributed by atoms with E-state index in [2.05, 4.69) is 14.8 Å². The number of ether oxygens (including phenoxy) is 1. The average molecular weight is 501 g/mol. The quantitative estimate of drug-likeness (QED) is 0.458. The maximum atomic E-state index is 16.1. The summed E-state index contributed by atoms with van der Waals surface area (Å²) in [5, 5.41) is 15.1. The highest BCUT2D eigenvalue weighted by atomic mass is 19.4. The molecule has 2 bridgehead atoms. The molecule has 0 saturated heterocycles. The normalized spacial score (nSPS) is 25.4. The Morgan fingerprint density at radius 1 is 0.971 bits per heavy atom.